The lowest BCUT2D eigenvalue weighted by atomic mass is 9.98. The number of morpholine rings is 1. The van der Waals surface area contributed by atoms with Gasteiger partial charge in [0.25, 0.3) is 0 Å². The van der Waals surface area contributed by atoms with Crippen LogP contribution in [-0.2, 0) is 9.53 Å². The van der Waals surface area contributed by atoms with Gasteiger partial charge in [-0.25, -0.2) is 9.59 Å². The van der Waals surface area contributed by atoms with Crippen molar-refractivity contribution in [2.45, 2.75) is 51.1 Å². The van der Waals surface area contributed by atoms with E-state index in [0.29, 0.717) is 13.2 Å². The molecule has 2 atom stereocenters. The molecular formula is C14H24N2O4. The third-order valence-electron chi connectivity index (χ3n) is 4.15. The molecule has 2 saturated heterocycles. The van der Waals surface area contributed by atoms with Gasteiger partial charge in [0.05, 0.1) is 13.2 Å². The van der Waals surface area contributed by atoms with E-state index < -0.39 is 12.0 Å². The molecule has 20 heavy (non-hydrogen) atoms. The fourth-order valence-electron chi connectivity index (χ4n) is 3.09. The van der Waals surface area contributed by atoms with Gasteiger partial charge in [0.1, 0.15) is 0 Å². The summed E-state index contributed by atoms with van der Waals surface area (Å²) in [6.07, 6.45) is 5.23. The second kappa shape index (κ2) is 6.92. The minimum absolute atomic E-state index is 0.0906. The second-order valence-corrected chi connectivity index (χ2v) is 5.54. The van der Waals surface area contributed by atoms with Crippen LogP contribution in [0.15, 0.2) is 0 Å². The number of amides is 2. The lowest BCUT2D eigenvalue weighted by Gasteiger charge is -2.42. The smallest absolute Gasteiger partial charge is 0.328 e. The molecule has 0 radical (unpaired) electrons. The number of carbonyl (C=O) groups is 2. The number of carboxylic acid groups (broad SMARTS) is 1. The molecule has 0 bridgehead atoms. The van der Waals surface area contributed by atoms with Crippen molar-refractivity contribution in [1.82, 2.24) is 9.80 Å². The third-order valence-corrected chi connectivity index (χ3v) is 4.15. The molecule has 6 heteroatoms. The zero-order valence-corrected chi connectivity index (χ0v) is 12.1. The molecule has 6 nitrogen and oxygen atoms in total. The van der Waals surface area contributed by atoms with Gasteiger partial charge in [-0.3, -0.25) is 0 Å². The quantitative estimate of drug-likeness (QED) is 0.853. The number of ether oxygens (including phenoxy) is 1. The maximum Gasteiger partial charge on any atom is 0.328 e. The minimum atomic E-state index is -0.984. The Morgan fingerprint density at radius 1 is 1.25 bits per heavy atom. The van der Waals surface area contributed by atoms with Crippen LogP contribution in [0.5, 0.6) is 0 Å². The van der Waals surface area contributed by atoms with E-state index in [1.165, 1.54) is 4.90 Å². The Morgan fingerprint density at radius 2 is 2.05 bits per heavy atom. The van der Waals surface area contributed by atoms with Gasteiger partial charge in [-0.2, -0.15) is 0 Å². The average molecular weight is 284 g/mol. The fraction of sp³-hybridized carbons (Fsp3) is 0.857. The van der Waals surface area contributed by atoms with Gasteiger partial charge in [0.15, 0.2) is 6.04 Å². The molecule has 0 aromatic rings. The summed E-state index contributed by atoms with van der Waals surface area (Å²) >= 11 is 0. The summed E-state index contributed by atoms with van der Waals surface area (Å²) in [5, 5.41) is 9.23. The van der Waals surface area contributed by atoms with Gasteiger partial charge in [-0.1, -0.05) is 13.3 Å². The summed E-state index contributed by atoms with van der Waals surface area (Å²) < 4.78 is 5.19. The standard InChI is InChI=1S/C14H24N2O4/c1-2-5-11-6-3-4-7-15(11)14(19)16-8-9-20-10-12(16)13(17)18/h11-12H,2-10H2,1H3,(H,17,18). The summed E-state index contributed by atoms with van der Waals surface area (Å²) in [5.41, 5.74) is 0. The van der Waals surface area contributed by atoms with E-state index in [-0.39, 0.29) is 18.7 Å². The number of nitrogens with zero attached hydrogens (tertiary/aromatic N) is 2. The van der Waals surface area contributed by atoms with E-state index in [9.17, 15) is 14.7 Å². The molecule has 0 aliphatic carbocycles. The highest BCUT2D eigenvalue weighted by Crippen LogP contribution is 2.23. The number of carboxylic acids is 1. The van der Waals surface area contributed by atoms with Crippen LogP contribution >= 0.6 is 0 Å². The fourth-order valence-corrected chi connectivity index (χ4v) is 3.09. The SMILES string of the molecule is CCCC1CCCCN1C(=O)N1CCOCC1C(=O)O. The molecule has 2 unspecified atom stereocenters. The van der Waals surface area contributed by atoms with Crippen molar-refractivity contribution >= 4 is 12.0 Å². The van der Waals surface area contributed by atoms with Crippen molar-refractivity contribution in [2.24, 2.45) is 0 Å². The molecule has 1 N–H and O–H groups in total. The van der Waals surface area contributed by atoms with Gasteiger partial charge >= 0.3 is 12.0 Å². The van der Waals surface area contributed by atoms with Crippen LogP contribution in [0.2, 0.25) is 0 Å². The molecule has 2 heterocycles. The zero-order chi connectivity index (χ0) is 14.5. The predicted octanol–water partition coefficient (Wildman–Crippen LogP) is 1.55. The molecule has 0 spiro atoms. The molecule has 2 rings (SSSR count). The Hall–Kier alpha value is -1.30. The highest BCUT2D eigenvalue weighted by Gasteiger charge is 2.37. The summed E-state index contributed by atoms with van der Waals surface area (Å²) in [6.45, 7) is 3.74. The van der Waals surface area contributed by atoms with Gasteiger partial charge in [-0.05, 0) is 25.7 Å². The minimum Gasteiger partial charge on any atom is -0.480 e. The lowest BCUT2D eigenvalue weighted by Crippen LogP contribution is -2.59. The van der Waals surface area contributed by atoms with Crippen molar-refractivity contribution in [2.75, 3.05) is 26.3 Å². The predicted molar refractivity (Wildman–Crippen MR) is 73.6 cm³/mol. The average Bonchev–Trinajstić information content (AvgIpc) is 2.47. The van der Waals surface area contributed by atoms with Gasteiger partial charge in [0, 0.05) is 19.1 Å². The van der Waals surface area contributed by atoms with E-state index in [1.54, 1.807) is 0 Å². The Balaban J connectivity index is 2.08. The normalized spacial score (nSPS) is 27.4. The first kappa shape index (κ1) is 15.1. The number of likely N-dealkylation sites (tertiary alicyclic amines) is 1. The second-order valence-electron chi connectivity index (χ2n) is 5.54. The number of rotatable bonds is 3. The van der Waals surface area contributed by atoms with E-state index in [2.05, 4.69) is 6.92 Å². The van der Waals surface area contributed by atoms with Crippen LogP contribution in [0.4, 0.5) is 4.79 Å². The van der Waals surface area contributed by atoms with Gasteiger partial charge in [-0.15, -0.1) is 0 Å². The van der Waals surface area contributed by atoms with Gasteiger partial charge in [0.2, 0.25) is 0 Å². The molecule has 2 aliphatic rings. The molecule has 2 fully saturated rings. The molecule has 0 saturated carbocycles. The van der Waals surface area contributed by atoms with Crippen LogP contribution < -0.4 is 0 Å². The van der Waals surface area contributed by atoms with Gasteiger partial charge < -0.3 is 19.6 Å². The lowest BCUT2D eigenvalue weighted by molar-refractivity contribution is -0.147. The first-order valence-electron chi connectivity index (χ1n) is 7.53. The van der Waals surface area contributed by atoms with Crippen LogP contribution in [0, 0.1) is 0 Å². The van der Waals surface area contributed by atoms with Crippen molar-refractivity contribution in [3.05, 3.63) is 0 Å². The summed E-state index contributed by atoms with van der Waals surface area (Å²) in [5.74, 6) is -0.984. The Kier molecular flexibility index (Phi) is 5.23. The molecular weight excluding hydrogens is 260 g/mol. The van der Waals surface area contributed by atoms with Crippen molar-refractivity contribution < 1.29 is 19.4 Å². The first-order valence-corrected chi connectivity index (χ1v) is 7.53. The van der Waals surface area contributed by atoms with Crippen LogP contribution in [0.1, 0.15) is 39.0 Å². The highest BCUT2D eigenvalue weighted by molar-refractivity contribution is 5.83. The molecule has 0 aromatic carbocycles. The van der Waals surface area contributed by atoms with Crippen LogP contribution in [0.3, 0.4) is 0 Å². The Labute approximate surface area is 119 Å². The number of urea groups is 1. The number of carbonyl (C=O) groups excluding carboxylic acids is 1. The van der Waals surface area contributed by atoms with Crippen molar-refractivity contribution in [3.8, 4) is 0 Å². The summed E-state index contributed by atoms with van der Waals surface area (Å²) in [4.78, 5) is 27.3. The maximum absolute atomic E-state index is 12.7. The zero-order valence-electron chi connectivity index (χ0n) is 12.1. The van der Waals surface area contributed by atoms with Crippen LogP contribution in [-0.4, -0.2) is 65.3 Å². The monoisotopic (exact) mass is 284 g/mol. The third kappa shape index (κ3) is 3.23. The molecule has 0 aromatic heterocycles. The van der Waals surface area contributed by atoms with Crippen molar-refractivity contribution in [1.29, 1.82) is 0 Å². The molecule has 2 aliphatic heterocycles. The largest absolute Gasteiger partial charge is 0.480 e. The maximum atomic E-state index is 12.7. The molecule has 114 valence electrons. The number of hydrogen-bond donors (Lipinski definition) is 1. The van der Waals surface area contributed by atoms with E-state index in [4.69, 9.17) is 4.74 Å². The van der Waals surface area contributed by atoms with Crippen LogP contribution in [0.25, 0.3) is 0 Å². The van der Waals surface area contributed by atoms with E-state index in [0.717, 1.165) is 38.6 Å². The Morgan fingerprint density at radius 3 is 2.75 bits per heavy atom. The topological polar surface area (TPSA) is 70.1 Å². The number of piperidine rings is 1. The number of hydrogen-bond acceptors (Lipinski definition) is 3. The van der Waals surface area contributed by atoms with E-state index in [1.807, 2.05) is 4.90 Å². The Bertz CT molecular complexity index is 359. The van der Waals surface area contributed by atoms with E-state index >= 15 is 0 Å². The summed E-state index contributed by atoms with van der Waals surface area (Å²) in [7, 11) is 0. The summed E-state index contributed by atoms with van der Waals surface area (Å²) in [6, 6.07) is -0.710. The highest BCUT2D eigenvalue weighted by atomic mass is 16.5. The number of aliphatic carboxylic acids is 1. The first-order chi connectivity index (χ1) is 9.65. The van der Waals surface area contributed by atoms with Crippen molar-refractivity contribution in [3.63, 3.8) is 0 Å². The molecule has 2 amide bonds.